The van der Waals surface area contributed by atoms with Crippen molar-refractivity contribution in [3.63, 3.8) is 0 Å². The van der Waals surface area contributed by atoms with Gasteiger partial charge in [-0.05, 0) is 62.7 Å². The molecule has 0 saturated heterocycles. The first kappa shape index (κ1) is 18.3. The van der Waals surface area contributed by atoms with Crippen LogP contribution in [-0.4, -0.2) is 38.5 Å². The van der Waals surface area contributed by atoms with Crippen molar-refractivity contribution < 1.29 is 9.53 Å². The van der Waals surface area contributed by atoms with Crippen molar-refractivity contribution in [2.24, 2.45) is 0 Å². The second kappa shape index (κ2) is 7.21. The molecule has 1 aromatic carbocycles. The summed E-state index contributed by atoms with van der Waals surface area (Å²) in [6.07, 6.45) is 0. The van der Waals surface area contributed by atoms with E-state index >= 15 is 0 Å². The number of thioether (sulfide) groups is 1. The summed E-state index contributed by atoms with van der Waals surface area (Å²) in [5.74, 6) is 0.498. The van der Waals surface area contributed by atoms with Crippen molar-refractivity contribution in [3.05, 3.63) is 23.8 Å². The monoisotopic (exact) mass is 349 g/mol. The minimum Gasteiger partial charge on any atom is -0.495 e. The van der Waals surface area contributed by atoms with Crippen molar-refractivity contribution in [2.75, 3.05) is 12.4 Å². The van der Waals surface area contributed by atoms with Gasteiger partial charge in [0.25, 0.3) is 0 Å². The van der Waals surface area contributed by atoms with E-state index in [0.29, 0.717) is 16.6 Å². The molecule has 2 rings (SSSR count). The van der Waals surface area contributed by atoms with Gasteiger partial charge >= 0.3 is 0 Å². The highest BCUT2D eigenvalue weighted by Crippen LogP contribution is 2.28. The lowest BCUT2D eigenvalue weighted by Crippen LogP contribution is -2.27. The zero-order chi connectivity index (χ0) is 17.9. The van der Waals surface area contributed by atoms with Crippen LogP contribution in [0.5, 0.6) is 5.75 Å². The number of hydrogen-bond acceptors (Lipinski definition) is 6. The maximum atomic E-state index is 12.5. The van der Waals surface area contributed by atoms with Gasteiger partial charge in [0.2, 0.25) is 11.1 Å². The second-order valence-corrected chi connectivity index (χ2v) is 7.81. The van der Waals surface area contributed by atoms with Crippen molar-refractivity contribution >= 4 is 23.4 Å². The number of anilines is 1. The van der Waals surface area contributed by atoms with Gasteiger partial charge in [0, 0.05) is 0 Å². The summed E-state index contributed by atoms with van der Waals surface area (Å²) in [7, 11) is 1.58. The number of benzene rings is 1. The Morgan fingerprint density at radius 2 is 2.08 bits per heavy atom. The molecule has 0 saturated carbocycles. The number of amides is 1. The number of nitrogens with one attached hydrogen (secondary N) is 1. The molecule has 0 aliphatic rings. The molecular weight excluding hydrogens is 326 g/mol. The molecule has 0 spiro atoms. The Balaban J connectivity index is 2.11. The number of methoxy groups -OCH3 is 1. The molecule has 2 aromatic rings. The average molecular weight is 349 g/mol. The number of carbonyl (C=O) groups excluding carboxylic acids is 1. The zero-order valence-electron chi connectivity index (χ0n) is 14.8. The summed E-state index contributed by atoms with van der Waals surface area (Å²) in [6.45, 7) is 9.82. The van der Waals surface area contributed by atoms with Gasteiger partial charge in [-0.15, -0.1) is 5.10 Å². The molecule has 8 heteroatoms. The zero-order valence-corrected chi connectivity index (χ0v) is 15.6. The number of ether oxygens (including phenoxy) is 1. The lowest BCUT2D eigenvalue weighted by atomic mass is 10.1. The fourth-order valence-corrected chi connectivity index (χ4v) is 3.02. The number of nitrogens with zero attached hydrogens (tertiary/aromatic N) is 4. The van der Waals surface area contributed by atoms with Gasteiger partial charge in [0.05, 0.1) is 23.6 Å². The predicted molar refractivity (Wildman–Crippen MR) is 94.5 cm³/mol. The molecule has 0 fully saturated rings. The number of aryl methyl sites for hydroxylation is 1. The molecule has 1 atom stereocenters. The fraction of sp³-hybridized carbons (Fsp3) is 0.500. The number of hydrogen-bond donors (Lipinski definition) is 1. The lowest BCUT2D eigenvalue weighted by Gasteiger charge is -2.20. The smallest absolute Gasteiger partial charge is 0.237 e. The second-order valence-electron chi connectivity index (χ2n) is 6.50. The average Bonchev–Trinajstić information content (AvgIpc) is 2.95. The van der Waals surface area contributed by atoms with Gasteiger partial charge in [0.15, 0.2) is 0 Å². The molecule has 7 nitrogen and oxygen atoms in total. The van der Waals surface area contributed by atoms with Gasteiger partial charge in [-0.3, -0.25) is 4.79 Å². The molecule has 1 N–H and O–H groups in total. The van der Waals surface area contributed by atoms with Crippen molar-refractivity contribution in [2.45, 2.75) is 50.6 Å². The Morgan fingerprint density at radius 1 is 1.38 bits per heavy atom. The van der Waals surface area contributed by atoms with E-state index in [0.717, 1.165) is 5.56 Å². The molecule has 0 bridgehead atoms. The Labute approximate surface area is 146 Å². The lowest BCUT2D eigenvalue weighted by molar-refractivity contribution is -0.115. The molecule has 1 heterocycles. The van der Waals surface area contributed by atoms with Crippen LogP contribution in [-0.2, 0) is 10.3 Å². The van der Waals surface area contributed by atoms with Crippen LogP contribution in [0.1, 0.15) is 33.3 Å². The molecule has 1 amide bonds. The van der Waals surface area contributed by atoms with E-state index in [1.54, 1.807) is 11.8 Å². The van der Waals surface area contributed by atoms with Crippen LogP contribution in [0.15, 0.2) is 23.4 Å². The highest BCUT2D eigenvalue weighted by Gasteiger charge is 2.24. The van der Waals surface area contributed by atoms with Crippen LogP contribution >= 0.6 is 11.8 Å². The topological polar surface area (TPSA) is 81.9 Å². The Hall–Kier alpha value is -2.09. The van der Waals surface area contributed by atoms with Gasteiger partial charge < -0.3 is 10.1 Å². The van der Waals surface area contributed by atoms with E-state index in [1.165, 1.54) is 11.8 Å². The van der Waals surface area contributed by atoms with E-state index in [4.69, 9.17) is 4.74 Å². The minimum absolute atomic E-state index is 0.132. The molecule has 1 unspecified atom stereocenters. The third kappa shape index (κ3) is 4.25. The molecule has 24 heavy (non-hydrogen) atoms. The molecule has 0 aliphatic heterocycles. The van der Waals surface area contributed by atoms with Gasteiger partial charge in [-0.25, -0.2) is 4.68 Å². The Morgan fingerprint density at radius 3 is 2.71 bits per heavy atom. The molecule has 0 radical (unpaired) electrons. The summed E-state index contributed by atoms with van der Waals surface area (Å²) in [5, 5.41) is 14.9. The van der Waals surface area contributed by atoms with Gasteiger partial charge in [-0.1, -0.05) is 17.8 Å². The summed E-state index contributed by atoms with van der Waals surface area (Å²) >= 11 is 1.32. The summed E-state index contributed by atoms with van der Waals surface area (Å²) in [4.78, 5) is 12.5. The van der Waals surface area contributed by atoms with Crippen molar-refractivity contribution in [1.29, 1.82) is 0 Å². The highest BCUT2D eigenvalue weighted by molar-refractivity contribution is 8.00. The first-order valence-corrected chi connectivity index (χ1v) is 8.51. The predicted octanol–water partition coefficient (Wildman–Crippen LogP) is 2.86. The van der Waals surface area contributed by atoms with E-state index in [-0.39, 0.29) is 16.7 Å². The van der Waals surface area contributed by atoms with Gasteiger partial charge in [0.1, 0.15) is 5.75 Å². The molecule has 130 valence electrons. The largest absolute Gasteiger partial charge is 0.495 e. The molecular formula is C16H23N5O2S. The van der Waals surface area contributed by atoms with Crippen LogP contribution < -0.4 is 10.1 Å². The van der Waals surface area contributed by atoms with Crippen LogP contribution in [0.25, 0.3) is 0 Å². The Bertz CT molecular complexity index is 723. The van der Waals surface area contributed by atoms with E-state index in [9.17, 15) is 4.79 Å². The van der Waals surface area contributed by atoms with Crippen LogP contribution in [0, 0.1) is 6.92 Å². The van der Waals surface area contributed by atoms with E-state index in [1.807, 2.05) is 52.8 Å². The third-order valence-electron chi connectivity index (χ3n) is 3.34. The third-order valence-corrected chi connectivity index (χ3v) is 4.37. The first-order valence-electron chi connectivity index (χ1n) is 7.63. The quantitative estimate of drug-likeness (QED) is 0.836. The Kier molecular flexibility index (Phi) is 5.48. The standard InChI is InChI=1S/C16H23N5O2S/c1-10-7-8-13(23-6)12(9-10)17-14(22)11(2)24-15-18-19-20-21(15)16(3,4)5/h7-9,11H,1-6H3,(H,17,22). The fourth-order valence-electron chi connectivity index (χ4n) is 2.04. The highest BCUT2D eigenvalue weighted by atomic mass is 32.2. The summed E-state index contributed by atoms with van der Waals surface area (Å²) in [5.41, 5.74) is 1.45. The van der Waals surface area contributed by atoms with Crippen LogP contribution in [0.4, 0.5) is 5.69 Å². The molecule has 1 aromatic heterocycles. The maximum Gasteiger partial charge on any atom is 0.237 e. The van der Waals surface area contributed by atoms with Gasteiger partial charge in [-0.2, -0.15) is 0 Å². The SMILES string of the molecule is COc1ccc(C)cc1NC(=O)C(C)Sc1nnnn1C(C)(C)C. The summed E-state index contributed by atoms with van der Waals surface area (Å²) in [6, 6.07) is 5.65. The van der Waals surface area contributed by atoms with E-state index < -0.39 is 0 Å². The number of aromatic nitrogens is 4. The maximum absolute atomic E-state index is 12.5. The van der Waals surface area contributed by atoms with Crippen LogP contribution in [0.2, 0.25) is 0 Å². The minimum atomic E-state index is -0.359. The first-order chi connectivity index (χ1) is 11.2. The van der Waals surface area contributed by atoms with Crippen molar-refractivity contribution in [3.8, 4) is 5.75 Å². The normalized spacial score (nSPS) is 12.8. The number of tetrazole rings is 1. The number of carbonyl (C=O) groups is 1. The summed E-state index contributed by atoms with van der Waals surface area (Å²) < 4.78 is 7.01. The van der Waals surface area contributed by atoms with Crippen LogP contribution in [0.3, 0.4) is 0 Å². The molecule has 0 aliphatic carbocycles. The van der Waals surface area contributed by atoms with E-state index in [2.05, 4.69) is 20.8 Å². The van der Waals surface area contributed by atoms with Crippen molar-refractivity contribution in [1.82, 2.24) is 20.2 Å². The number of rotatable bonds is 5.